The Morgan fingerprint density at radius 1 is 1.08 bits per heavy atom. The molecular formula is C18H26N6O. The van der Waals surface area contributed by atoms with Crippen LogP contribution in [0.1, 0.15) is 25.0 Å². The molecule has 134 valence electrons. The van der Waals surface area contributed by atoms with E-state index in [4.69, 9.17) is 0 Å². The molecule has 0 bridgehead atoms. The summed E-state index contributed by atoms with van der Waals surface area (Å²) in [7, 11) is 0. The highest BCUT2D eigenvalue weighted by Gasteiger charge is 2.05. The number of carbonyl (C=O) groups excluding carboxylic acids is 1. The van der Waals surface area contributed by atoms with Crippen LogP contribution in [0.2, 0.25) is 0 Å². The van der Waals surface area contributed by atoms with Crippen molar-refractivity contribution < 1.29 is 4.79 Å². The largest absolute Gasteiger partial charge is 0.357 e. The first-order valence-electron chi connectivity index (χ1n) is 8.56. The van der Waals surface area contributed by atoms with Crippen LogP contribution in [0.5, 0.6) is 0 Å². The standard InChI is InChI=1S/C18H26N6O/c1-3-19-17(25)13-22-18(20-4-2)21-12-15-8-5-6-9-16(15)14-24-11-7-10-23-24/h5-11H,3-4,12-14H2,1-2H3,(H,19,25)(H2,20,21,22). The Kier molecular flexibility index (Phi) is 7.49. The van der Waals surface area contributed by atoms with E-state index in [9.17, 15) is 4.79 Å². The molecule has 2 rings (SSSR count). The normalized spacial score (nSPS) is 11.2. The molecule has 0 fully saturated rings. The van der Waals surface area contributed by atoms with E-state index in [1.165, 1.54) is 5.56 Å². The molecule has 0 aliphatic rings. The molecular weight excluding hydrogens is 316 g/mol. The number of nitrogens with zero attached hydrogens (tertiary/aromatic N) is 3. The minimum absolute atomic E-state index is 0.0489. The van der Waals surface area contributed by atoms with Crippen LogP contribution in [0.15, 0.2) is 47.7 Å². The maximum Gasteiger partial charge on any atom is 0.239 e. The third kappa shape index (κ3) is 6.29. The number of likely N-dealkylation sites (N-methyl/N-ethyl adjacent to an activating group) is 1. The number of guanidine groups is 1. The molecule has 0 aliphatic carbocycles. The maximum absolute atomic E-state index is 11.6. The van der Waals surface area contributed by atoms with E-state index >= 15 is 0 Å². The molecule has 2 aromatic rings. The summed E-state index contributed by atoms with van der Waals surface area (Å²) in [4.78, 5) is 16.2. The first-order valence-corrected chi connectivity index (χ1v) is 8.56. The lowest BCUT2D eigenvalue weighted by Gasteiger charge is -2.12. The van der Waals surface area contributed by atoms with Crippen LogP contribution in [-0.4, -0.2) is 41.3 Å². The second-order valence-corrected chi connectivity index (χ2v) is 5.47. The molecule has 0 aliphatic heterocycles. The Labute approximate surface area is 148 Å². The predicted molar refractivity (Wildman–Crippen MR) is 99.3 cm³/mol. The van der Waals surface area contributed by atoms with Gasteiger partial charge in [0.2, 0.25) is 5.91 Å². The van der Waals surface area contributed by atoms with Crippen molar-refractivity contribution in [3.05, 3.63) is 53.9 Å². The number of nitrogens with one attached hydrogen (secondary N) is 3. The van der Waals surface area contributed by atoms with Crippen LogP contribution in [0.4, 0.5) is 0 Å². The molecule has 0 saturated carbocycles. The molecule has 3 N–H and O–H groups in total. The van der Waals surface area contributed by atoms with Crippen molar-refractivity contribution in [2.45, 2.75) is 26.9 Å². The van der Waals surface area contributed by atoms with Gasteiger partial charge in [-0.15, -0.1) is 0 Å². The van der Waals surface area contributed by atoms with E-state index in [-0.39, 0.29) is 12.5 Å². The summed E-state index contributed by atoms with van der Waals surface area (Å²) in [5, 5.41) is 13.2. The first-order chi connectivity index (χ1) is 12.2. The average Bonchev–Trinajstić information content (AvgIpc) is 3.12. The Morgan fingerprint density at radius 3 is 2.52 bits per heavy atom. The highest BCUT2D eigenvalue weighted by Crippen LogP contribution is 2.11. The van der Waals surface area contributed by atoms with Gasteiger partial charge < -0.3 is 16.0 Å². The van der Waals surface area contributed by atoms with E-state index in [2.05, 4.69) is 38.2 Å². The van der Waals surface area contributed by atoms with E-state index in [0.717, 1.165) is 12.1 Å². The van der Waals surface area contributed by atoms with Crippen molar-refractivity contribution in [3.63, 3.8) is 0 Å². The second-order valence-electron chi connectivity index (χ2n) is 5.47. The average molecular weight is 342 g/mol. The monoisotopic (exact) mass is 342 g/mol. The summed E-state index contributed by atoms with van der Waals surface area (Å²) >= 11 is 0. The highest BCUT2D eigenvalue weighted by atomic mass is 16.1. The highest BCUT2D eigenvalue weighted by molar-refractivity contribution is 5.86. The number of hydrogen-bond donors (Lipinski definition) is 3. The fourth-order valence-electron chi connectivity index (χ4n) is 2.36. The fourth-order valence-corrected chi connectivity index (χ4v) is 2.36. The zero-order valence-electron chi connectivity index (χ0n) is 14.8. The van der Waals surface area contributed by atoms with E-state index in [1.807, 2.05) is 42.9 Å². The van der Waals surface area contributed by atoms with Crippen molar-refractivity contribution in [1.82, 2.24) is 25.7 Å². The molecule has 7 heteroatoms. The van der Waals surface area contributed by atoms with Gasteiger partial charge in [-0.25, -0.2) is 4.99 Å². The third-order valence-corrected chi connectivity index (χ3v) is 3.55. The number of benzene rings is 1. The molecule has 1 amide bonds. The van der Waals surface area contributed by atoms with Gasteiger partial charge in [0.1, 0.15) is 0 Å². The van der Waals surface area contributed by atoms with Crippen LogP contribution >= 0.6 is 0 Å². The Hall–Kier alpha value is -2.83. The van der Waals surface area contributed by atoms with Crippen LogP contribution < -0.4 is 16.0 Å². The molecule has 1 aromatic heterocycles. The molecule has 0 spiro atoms. The van der Waals surface area contributed by atoms with Gasteiger partial charge in [0.25, 0.3) is 0 Å². The van der Waals surface area contributed by atoms with E-state index < -0.39 is 0 Å². The number of amides is 1. The SMILES string of the molecule is CCNC(=O)CNC(=NCc1ccccc1Cn1cccn1)NCC. The van der Waals surface area contributed by atoms with Crippen LogP contribution in [-0.2, 0) is 17.9 Å². The van der Waals surface area contributed by atoms with Gasteiger partial charge in [-0.3, -0.25) is 9.48 Å². The molecule has 1 aromatic carbocycles. The van der Waals surface area contributed by atoms with Gasteiger partial charge >= 0.3 is 0 Å². The maximum atomic E-state index is 11.6. The Balaban J connectivity index is 2.02. The van der Waals surface area contributed by atoms with Crippen molar-refractivity contribution in [2.75, 3.05) is 19.6 Å². The van der Waals surface area contributed by atoms with Crippen molar-refractivity contribution in [2.24, 2.45) is 4.99 Å². The lowest BCUT2D eigenvalue weighted by Crippen LogP contribution is -2.43. The number of rotatable bonds is 8. The molecule has 0 saturated heterocycles. The van der Waals surface area contributed by atoms with Crippen molar-refractivity contribution in [1.29, 1.82) is 0 Å². The van der Waals surface area contributed by atoms with Gasteiger partial charge in [0.05, 0.1) is 19.6 Å². The van der Waals surface area contributed by atoms with E-state index in [1.54, 1.807) is 6.20 Å². The van der Waals surface area contributed by atoms with Gasteiger partial charge in [0.15, 0.2) is 5.96 Å². The number of carbonyl (C=O) groups is 1. The summed E-state index contributed by atoms with van der Waals surface area (Å²) in [5.41, 5.74) is 2.31. The molecule has 7 nitrogen and oxygen atoms in total. The molecule has 0 radical (unpaired) electrons. The number of aromatic nitrogens is 2. The smallest absolute Gasteiger partial charge is 0.239 e. The van der Waals surface area contributed by atoms with E-state index in [0.29, 0.717) is 25.6 Å². The summed E-state index contributed by atoms with van der Waals surface area (Å²) in [6, 6.07) is 10.1. The minimum atomic E-state index is -0.0489. The van der Waals surface area contributed by atoms with Gasteiger partial charge in [0, 0.05) is 25.5 Å². The Morgan fingerprint density at radius 2 is 1.84 bits per heavy atom. The topological polar surface area (TPSA) is 83.3 Å². The Bertz CT molecular complexity index is 681. The lowest BCUT2D eigenvalue weighted by atomic mass is 10.1. The quantitative estimate of drug-likeness (QED) is 0.496. The molecule has 25 heavy (non-hydrogen) atoms. The van der Waals surface area contributed by atoms with Gasteiger partial charge in [-0.05, 0) is 31.0 Å². The molecule has 1 heterocycles. The van der Waals surface area contributed by atoms with Crippen molar-refractivity contribution >= 4 is 11.9 Å². The summed E-state index contributed by atoms with van der Waals surface area (Å²) in [5.74, 6) is 0.579. The predicted octanol–water partition coefficient (Wildman–Crippen LogP) is 1.12. The fraction of sp³-hybridized carbons (Fsp3) is 0.389. The molecule has 0 atom stereocenters. The zero-order chi connectivity index (χ0) is 17.9. The summed E-state index contributed by atoms with van der Waals surface area (Å²) < 4.78 is 1.89. The first kappa shape index (κ1) is 18.5. The third-order valence-electron chi connectivity index (χ3n) is 3.55. The van der Waals surface area contributed by atoms with Crippen LogP contribution in [0.25, 0.3) is 0 Å². The summed E-state index contributed by atoms with van der Waals surface area (Å²) in [6.45, 7) is 6.69. The van der Waals surface area contributed by atoms with Gasteiger partial charge in [-0.1, -0.05) is 24.3 Å². The van der Waals surface area contributed by atoms with Crippen LogP contribution in [0.3, 0.4) is 0 Å². The van der Waals surface area contributed by atoms with Crippen LogP contribution in [0, 0.1) is 0 Å². The van der Waals surface area contributed by atoms with Gasteiger partial charge in [-0.2, -0.15) is 5.10 Å². The number of hydrogen-bond acceptors (Lipinski definition) is 3. The van der Waals surface area contributed by atoms with Crippen molar-refractivity contribution in [3.8, 4) is 0 Å². The molecule has 0 unspecified atom stereocenters. The number of aliphatic imine (C=N–C) groups is 1. The minimum Gasteiger partial charge on any atom is -0.357 e. The summed E-state index contributed by atoms with van der Waals surface area (Å²) in [6.07, 6.45) is 3.72. The zero-order valence-corrected chi connectivity index (χ0v) is 14.8. The lowest BCUT2D eigenvalue weighted by molar-refractivity contribution is -0.119. The second kappa shape index (κ2) is 10.1.